The molecule has 1 aromatic carbocycles. The molecule has 0 radical (unpaired) electrons. The van der Waals surface area contributed by atoms with E-state index in [9.17, 15) is 9.50 Å². The maximum Gasteiger partial charge on any atom is 0.123 e. The maximum atomic E-state index is 13.3. The highest BCUT2D eigenvalue weighted by Gasteiger charge is 2.19. The van der Waals surface area contributed by atoms with Crippen molar-refractivity contribution in [3.63, 3.8) is 0 Å². The molecule has 1 saturated heterocycles. The first kappa shape index (κ1) is 13.5. The summed E-state index contributed by atoms with van der Waals surface area (Å²) in [7, 11) is 0. The lowest BCUT2D eigenvalue weighted by Crippen LogP contribution is -2.36. The number of nitrogens with zero attached hydrogens (tertiary/aromatic N) is 1. The summed E-state index contributed by atoms with van der Waals surface area (Å²) in [4.78, 5) is 2.28. The van der Waals surface area contributed by atoms with Crippen LogP contribution in [-0.4, -0.2) is 29.7 Å². The van der Waals surface area contributed by atoms with Gasteiger partial charge in [-0.3, -0.25) is 4.90 Å². The standard InChI is InChI=1S/C14H21FN2O/c15-14-4-3-12(7-16)13(6-14)9-17-5-1-2-11(8-17)10-18/h3-4,6,11,18H,1-2,5,7-10,16H2. The number of aliphatic hydroxyl groups excluding tert-OH is 1. The average Bonchev–Trinajstić information content (AvgIpc) is 2.39. The molecule has 1 atom stereocenters. The lowest BCUT2D eigenvalue weighted by molar-refractivity contribution is 0.115. The van der Waals surface area contributed by atoms with E-state index in [-0.39, 0.29) is 12.4 Å². The van der Waals surface area contributed by atoms with Gasteiger partial charge in [-0.15, -0.1) is 0 Å². The Kier molecular flexibility index (Phi) is 4.69. The molecule has 1 unspecified atom stereocenters. The number of likely N-dealkylation sites (tertiary alicyclic amines) is 1. The third kappa shape index (κ3) is 3.28. The van der Waals surface area contributed by atoms with E-state index in [1.807, 2.05) is 0 Å². The Bertz CT molecular complexity index is 397. The molecule has 1 aliphatic rings. The van der Waals surface area contributed by atoms with E-state index >= 15 is 0 Å². The molecule has 100 valence electrons. The van der Waals surface area contributed by atoms with Crippen molar-refractivity contribution in [1.29, 1.82) is 0 Å². The van der Waals surface area contributed by atoms with E-state index in [4.69, 9.17) is 5.73 Å². The lowest BCUT2D eigenvalue weighted by Gasteiger charge is -2.32. The number of aliphatic hydroxyl groups is 1. The molecule has 2 rings (SSSR count). The number of rotatable bonds is 4. The van der Waals surface area contributed by atoms with Gasteiger partial charge in [-0.1, -0.05) is 6.07 Å². The number of nitrogens with two attached hydrogens (primary N) is 1. The van der Waals surface area contributed by atoms with E-state index in [2.05, 4.69) is 4.90 Å². The molecular formula is C14H21FN2O. The molecule has 0 amide bonds. The monoisotopic (exact) mass is 252 g/mol. The van der Waals surface area contributed by atoms with E-state index in [0.29, 0.717) is 12.5 Å². The Morgan fingerprint density at radius 3 is 2.94 bits per heavy atom. The van der Waals surface area contributed by atoms with Crippen molar-refractivity contribution in [3.8, 4) is 0 Å². The molecule has 3 nitrogen and oxygen atoms in total. The van der Waals surface area contributed by atoms with Crippen molar-refractivity contribution in [2.24, 2.45) is 11.7 Å². The van der Waals surface area contributed by atoms with Gasteiger partial charge in [0.2, 0.25) is 0 Å². The lowest BCUT2D eigenvalue weighted by atomic mass is 9.98. The zero-order valence-electron chi connectivity index (χ0n) is 10.6. The summed E-state index contributed by atoms with van der Waals surface area (Å²) in [6.07, 6.45) is 2.18. The van der Waals surface area contributed by atoms with Crippen LogP contribution < -0.4 is 5.73 Å². The van der Waals surface area contributed by atoms with Crippen LogP contribution in [0.1, 0.15) is 24.0 Å². The fraction of sp³-hybridized carbons (Fsp3) is 0.571. The molecule has 0 aromatic heterocycles. The van der Waals surface area contributed by atoms with Crippen molar-refractivity contribution in [2.45, 2.75) is 25.9 Å². The SMILES string of the molecule is NCc1ccc(F)cc1CN1CCCC(CO)C1. The minimum Gasteiger partial charge on any atom is -0.396 e. The van der Waals surface area contributed by atoms with Gasteiger partial charge in [-0.2, -0.15) is 0 Å². The number of hydrogen-bond acceptors (Lipinski definition) is 3. The van der Waals surface area contributed by atoms with Crippen LogP contribution in [0.5, 0.6) is 0 Å². The maximum absolute atomic E-state index is 13.3. The van der Waals surface area contributed by atoms with Crippen LogP contribution in [-0.2, 0) is 13.1 Å². The van der Waals surface area contributed by atoms with Gasteiger partial charge in [0.1, 0.15) is 5.82 Å². The molecule has 3 N–H and O–H groups in total. The predicted octanol–water partition coefficient (Wildman–Crippen LogP) is 1.49. The minimum atomic E-state index is -0.210. The highest BCUT2D eigenvalue weighted by molar-refractivity contribution is 5.27. The second-order valence-electron chi connectivity index (χ2n) is 5.04. The van der Waals surface area contributed by atoms with Gasteiger partial charge in [-0.05, 0) is 48.6 Å². The summed E-state index contributed by atoms with van der Waals surface area (Å²) in [6, 6.07) is 4.79. The van der Waals surface area contributed by atoms with Crippen molar-refractivity contribution < 1.29 is 9.50 Å². The Morgan fingerprint density at radius 1 is 1.39 bits per heavy atom. The quantitative estimate of drug-likeness (QED) is 0.853. The van der Waals surface area contributed by atoms with Gasteiger partial charge in [0.15, 0.2) is 0 Å². The van der Waals surface area contributed by atoms with Gasteiger partial charge in [0.25, 0.3) is 0 Å². The molecule has 1 heterocycles. The average molecular weight is 252 g/mol. The first-order valence-electron chi connectivity index (χ1n) is 6.53. The minimum absolute atomic E-state index is 0.210. The van der Waals surface area contributed by atoms with Crippen molar-refractivity contribution >= 4 is 0 Å². The zero-order valence-corrected chi connectivity index (χ0v) is 10.6. The Labute approximate surface area is 107 Å². The Balaban J connectivity index is 2.06. The molecule has 0 aliphatic carbocycles. The zero-order chi connectivity index (χ0) is 13.0. The van der Waals surface area contributed by atoms with Crippen molar-refractivity contribution in [2.75, 3.05) is 19.7 Å². The highest BCUT2D eigenvalue weighted by Crippen LogP contribution is 2.20. The van der Waals surface area contributed by atoms with Crippen LogP contribution in [0, 0.1) is 11.7 Å². The van der Waals surface area contributed by atoms with Gasteiger partial charge < -0.3 is 10.8 Å². The Hall–Kier alpha value is -0.970. The molecular weight excluding hydrogens is 231 g/mol. The van der Waals surface area contributed by atoms with Gasteiger partial charge in [0.05, 0.1) is 0 Å². The normalized spacial score (nSPS) is 21.2. The predicted molar refractivity (Wildman–Crippen MR) is 69.4 cm³/mol. The first-order valence-corrected chi connectivity index (χ1v) is 6.53. The van der Waals surface area contributed by atoms with Crippen LogP contribution in [0.15, 0.2) is 18.2 Å². The number of halogens is 1. The van der Waals surface area contributed by atoms with Gasteiger partial charge in [-0.25, -0.2) is 4.39 Å². The Morgan fingerprint density at radius 2 is 2.22 bits per heavy atom. The van der Waals surface area contributed by atoms with Crippen LogP contribution >= 0.6 is 0 Å². The van der Waals surface area contributed by atoms with Crippen molar-refractivity contribution in [1.82, 2.24) is 4.90 Å². The fourth-order valence-electron chi connectivity index (χ4n) is 2.63. The topological polar surface area (TPSA) is 49.5 Å². The molecule has 4 heteroatoms. The van der Waals surface area contributed by atoms with Crippen LogP contribution in [0.4, 0.5) is 4.39 Å². The van der Waals surface area contributed by atoms with E-state index in [0.717, 1.165) is 43.6 Å². The summed E-state index contributed by atoms with van der Waals surface area (Å²) in [5, 5.41) is 9.21. The van der Waals surface area contributed by atoms with Gasteiger partial charge >= 0.3 is 0 Å². The summed E-state index contributed by atoms with van der Waals surface area (Å²) >= 11 is 0. The van der Waals surface area contributed by atoms with E-state index in [1.54, 1.807) is 12.1 Å². The summed E-state index contributed by atoms with van der Waals surface area (Å²) in [5.74, 6) is 0.145. The molecule has 1 aromatic rings. The molecule has 1 fully saturated rings. The van der Waals surface area contributed by atoms with Crippen molar-refractivity contribution in [3.05, 3.63) is 35.1 Å². The smallest absolute Gasteiger partial charge is 0.123 e. The van der Waals surface area contributed by atoms with Crippen LogP contribution in [0.3, 0.4) is 0 Å². The second kappa shape index (κ2) is 6.27. The fourth-order valence-corrected chi connectivity index (χ4v) is 2.63. The molecule has 18 heavy (non-hydrogen) atoms. The third-order valence-electron chi connectivity index (χ3n) is 3.64. The molecule has 0 bridgehead atoms. The number of hydrogen-bond donors (Lipinski definition) is 2. The van der Waals surface area contributed by atoms with Gasteiger partial charge in [0, 0.05) is 26.2 Å². The molecule has 0 saturated carbocycles. The first-order chi connectivity index (χ1) is 8.72. The second-order valence-corrected chi connectivity index (χ2v) is 5.04. The largest absolute Gasteiger partial charge is 0.396 e. The summed E-state index contributed by atoms with van der Waals surface area (Å²) in [6.45, 7) is 3.30. The summed E-state index contributed by atoms with van der Waals surface area (Å²) in [5.41, 5.74) is 7.65. The molecule has 0 spiro atoms. The summed E-state index contributed by atoms with van der Waals surface area (Å²) < 4.78 is 13.3. The van der Waals surface area contributed by atoms with Crippen LogP contribution in [0.25, 0.3) is 0 Å². The molecule has 1 aliphatic heterocycles. The van der Waals surface area contributed by atoms with Crippen LogP contribution in [0.2, 0.25) is 0 Å². The van der Waals surface area contributed by atoms with E-state index in [1.165, 1.54) is 6.07 Å². The highest BCUT2D eigenvalue weighted by atomic mass is 19.1. The number of benzene rings is 1. The third-order valence-corrected chi connectivity index (χ3v) is 3.64. The number of piperidine rings is 1. The van der Waals surface area contributed by atoms with E-state index < -0.39 is 0 Å².